The summed E-state index contributed by atoms with van der Waals surface area (Å²) in [4.78, 5) is 16.7. The van der Waals surface area contributed by atoms with Crippen molar-refractivity contribution in [3.8, 4) is 0 Å². The summed E-state index contributed by atoms with van der Waals surface area (Å²) < 4.78 is 0. The number of likely N-dealkylation sites (N-methyl/N-ethyl adjacent to an activating group) is 1. The highest BCUT2D eigenvalue weighted by atomic mass is 16.1. The van der Waals surface area contributed by atoms with Crippen molar-refractivity contribution < 1.29 is 4.79 Å². The number of piperazine rings is 1. The number of nitrogens with one attached hydrogen (secondary N) is 2. The zero-order valence-electron chi connectivity index (χ0n) is 14.7. The van der Waals surface area contributed by atoms with Gasteiger partial charge in [-0.3, -0.25) is 4.79 Å². The summed E-state index contributed by atoms with van der Waals surface area (Å²) in [5.41, 5.74) is 3.31. The molecule has 0 saturated carbocycles. The lowest BCUT2D eigenvalue weighted by atomic mass is 10.2. The Morgan fingerprint density at radius 3 is 2.32 bits per heavy atom. The predicted octanol–water partition coefficient (Wildman–Crippen LogP) is 2.17. The Morgan fingerprint density at radius 2 is 1.64 bits per heavy atom. The highest BCUT2D eigenvalue weighted by molar-refractivity contribution is 5.80. The smallest absolute Gasteiger partial charge is 0.239 e. The Labute approximate surface area is 149 Å². The minimum Gasteiger partial charge on any atom is -0.376 e. The number of rotatable bonds is 6. The molecule has 2 N–H and O–H groups in total. The van der Waals surface area contributed by atoms with Crippen molar-refractivity contribution in [3.05, 3.63) is 60.2 Å². The number of carbonyl (C=O) groups is 1. The molecule has 2 aromatic rings. The van der Waals surface area contributed by atoms with Gasteiger partial charge in [0.2, 0.25) is 5.91 Å². The van der Waals surface area contributed by atoms with Gasteiger partial charge < -0.3 is 20.4 Å². The molecule has 1 heterocycles. The standard InChI is InChI=1S/C20H26N4O/c1-23-11-13-24(14-12-23)19-9-7-18(8-10-19)21-16-20(25)22-15-17-5-3-2-4-6-17/h2-10,21H,11-16H2,1H3,(H,22,25). The molecule has 25 heavy (non-hydrogen) atoms. The maximum absolute atomic E-state index is 11.9. The lowest BCUT2D eigenvalue weighted by Crippen LogP contribution is -2.44. The van der Waals surface area contributed by atoms with E-state index in [1.165, 1.54) is 5.69 Å². The van der Waals surface area contributed by atoms with Crippen LogP contribution in [0.3, 0.4) is 0 Å². The van der Waals surface area contributed by atoms with E-state index >= 15 is 0 Å². The number of anilines is 2. The molecule has 1 saturated heterocycles. The first-order chi connectivity index (χ1) is 12.2. The van der Waals surface area contributed by atoms with Gasteiger partial charge in [0.25, 0.3) is 0 Å². The van der Waals surface area contributed by atoms with E-state index in [1.807, 2.05) is 42.5 Å². The Hall–Kier alpha value is -2.53. The van der Waals surface area contributed by atoms with Gasteiger partial charge in [-0.05, 0) is 36.9 Å². The number of hydrogen-bond donors (Lipinski definition) is 2. The second kappa shape index (κ2) is 8.53. The van der Waals surface area contributed by atoms with Crippen LogP contribution in [0.5, 0.6) is 0 Å². The maximum atomic E-state index is 11.9. The van der Waals surface area contributed by atoms with Crippen LogP contribution in [0.4, 0.5) is 11.4 Å². The molecule has 0 radical (unpaired) electrons. The van der Waals surface area contributed by atoms with Crippen LogP contribution in [0.15, 0.2) is 54.6 Å². The van der Waals surface area contributed by atoms with E-state index in [1.54, 1.807) is 0 Å². The number of amides is 1. The molecule has 5 nitrogen and oxygen atoms in total. The highest BCUT2D eigenvalue weighted by Gasteiger charge is 2.13. The van der Waals surface area contributed by atoms with Gasteiger partial charge in [-0.1, -0.05) is 30.3 Å². The number of hydrogen-bond acceptors (Lipinski definition) is 4. The molecule has 0 aromatic heterocycles. The van der Waals surface area contributed by atoms with Gasteiger partial charge in [-0.25, -0.2) is 0 Å². The maximum Gasteiger partial charge on any atom is 0.239 e. The van der Waals surface area contributed by atoms with E-state index in [9.17, 15) is 4.79 Å². The highest BCUT2D eigenvalue weighted by Crippen LogP contribution is 2.19. The van der Waals surface area contributed by atoms with E-state index in [2.05, 4.69) is 39.6 Å². The third-order valence-electron chi connectivity index (χ3n) is 4.52. The third kappa shape index (κ3) is 5.22. The second-order valence-corrected chi connectivity index (χ2v) is 6.45. The normalized spacial score (nSPS) is 15.0. The van der Waals surface area contributed by atoms with Crippen molar-refractivity contribution in [2.24, 2.45) is 0 Å². The molecule has 2 aromatic carbocycles. The van der Waals surface area contributed by atoms with Gasteiger partial charge in [-0.15, -0.1) is 0 Å². The lowest BCUT2D eigenvalue weighted by Gasteiger charge is -2.34. The topological polar surface area (TPSA) is 47.6 Å². The van der Waals surface area contributed by atoms with Crippen molar-refractivity contribution in [2.45, 2.75) is 6.54 Å². The van der Waals surface area contributed by atoms with Crippen molar-refractivity contribution in [3.63, 3.8) is 0 Å². The average Bonchev–Trinajstić information content (AvgIpc) is 2.67. The SMILES string of the molecule is CN1CCN(c2ccc(NCC(=O)NCc3ccccc3)cc2)CC1. The number of benzene rings is 2. The van der Waals surface area contributed by atoms with Crippen LogP contribution in [-0.4, -0.2) is 50.6 Å². The molecular weight excluding hydrogens is 312 g/mol. The quantitative estimate of drug-likeness (QED) is 0.847. The molecule has 5 heteroatoms. The molecule has 0 spiro atoms. The Kier molecular flexibility index (Phi) is 5.90. The molecule has 0 bridgehead atoms. The molecular formula is C20H26N4O. The van der Waals surface area contributed by atoms with Crippen LogP contribution in [0.2, 0.25) is 0 Å². The summed E-state index contributed by atoms with van der Waals surface area (Å²) in [6, 6.07) is 18.2. The largest absolute Gasteiger partial charge is 0.376 e. The van der Waals surface area contributed by atoms with Crippen LogP contribution in [-0.2, 0) is 11.3 Å². The van der Waals surface area contributed by atoms with Gasteiger partial charge in [0.15, 0.2) is 0 Å². The number of carbonyl (C=O) groups excluding carboxylic acids is 1. The van der Waals surface area contributed by atoms with Crippen LogP contribution in [0, 0.1) is 0 Å². The molecule has 3 rings (SSSR count). The van der Waals surface area contributed by atoms with Crippen LogP contribution < -0.4 is 15.5 Å². The minimum atomic E-state index is -0.00741. The molecule has 0 atom stereocenters. The van der Waals surface area contributed by atoms with E-state index in [-0.39, 0.29) is 12.5 Å². The monoisotopic (exact) mass is 338 g/mol. The van der Waals surface area contributed by atoms with Gasteiger partial charge in [0.05, 0.1) is 6.54 Å². The summed E-state index contributed by atoms with van der Waals surface area (Å²) in [6.07, 6.45) is 0. The molecule has 132 valence electrons. The first-order valence-corrected chi connectivity index (χ1v) is 8.79. The van der Waals surface area contributed by atoms with E-state index in [4.69, 9.17) is 0 Å². The Morgan fingerprint density at radius 1 is 0.960 bits per heavy atom. The van der Waals surface area contributed by atoms with Crippen LogP contribution in [0.25, 0.3) is 0 Å². The summed E-state index contributed by atoms with van der Waals surface area (Å²) in [5.74, 6) is -0.00741. The first kappa shape index (κ1) is 17.3. The number of nitrogens with zero attached hydrogens (tertiary/aromatic N) is 2. The van der Waals surface area contributed by atoms with Gasteiger partial charge in [-0.2, -0.15) is 0 Å². The zero-order valence-corrected chi connectivity index (χ0v) is 14.7. The van der Waals surface area contributed by atoms with Crippen LogP contribution >= 0.6 is 0 Å². The third-order valence-corrected chi connectivity index (χ3v) is 4.52. The fourth-order valence-electron chi connectivity index (χ4n) is 2.90. The van der Waals surface area contributed by atoms with E-state index < -0.39 is 0 Å². The summed E-state index contributed by atoms with van der Waals surface area (Å²) in [5, 5.41) is 6.10. The fourth-order valence-corrected chi connectivity index (χ4v) is 2.90. The summed E-state index contributed by atoms with van der Waals surface area (Å²) in [7, 11) is 2.16. The predicted molar refractivity (Wildman–Crippen MR) is 103 cm³/mol. The van der Waals surface area contributed by atoms with E-state index in [0.717, 1.165) is 37.4 Å². The molecule has 1 aliphatic heterocycles. The van der Waals surface area contributed by atoms with Gasteiger partial charge in [0.1, 0.15) is 0 Å². The van der Waals surface area contributed by atoms with Crippen molar-refractivity contribution >= 4 is 17.3 Å². The lowest BCUT2D eigenvalue weighted by molar-refractivity contribution is -0.119. The van der Waals surface area contributed by atoms with Gasteiger partial charge in [0, 0.05) is 44.1 Å². The van der Waals surface area contributed by atoms with Crippen LogP contribution in [0.1, 0.15) is 5.56 Å². The minimum absolute atomic E-state index is 0.00741. The fraction of sp³-hybridized carbons (Fsp3) is 0.350. The molecule has 1 amide bonds. The molecule has 1 fully saturated rings. The van der Waals surface area contributed by atoms with Crippen molar-refractivity contribution in [2.75, 3.05) is 50.0 Å². The van der Waals surface area contributed by atoms with Crippen molar-refractivity contribution in [1.82, 2.24) is 10.2 Å². The summed E-state index contributed by atoms with van der Waals surface area (Å²) in [6.45, 7) is 5.16. The first-order valence-electron chi connectivity index (χ1n) is 8.79. The summed E-state index contributed by atoms with van der Waals surface area (Å²) >= 11 is 0. The molecule has 1 aliphatic rings. The Bertz CT molecular complexity index is 664. The van der Waals surface area contributed by atoms with Gasteiger partial charge >= 0.3 is 0 Å². The van der Waals surface area contributed by atoms with E-state index in [0.29, 0.717) is 6.54 Å². The second-order valence-electron chi connectivity index (χ2n) is 6.45. The zero-order chi connectivity index (χ0) is 17.5. The average molecular weight is 338 g/mol. The van der Waals surface area contributed by atoms with Crippen molar-refractivity contribution in [1.29, 1.82) is 0 Å². The Balaban J connectivity index is 1.43. The molecule has 0 aliphatic carbocycles. The molecule has 0 unspecified atom stereocenters.